The molecule has 1 aromatic carbocycles. The standard InChI is InChI=1S/C23H27NO5/c1-13-11-18-17-12-16(14(2)25)19(23(28-4,29-5)20(17)26)22(18,3)24(13)21(27)15-9-7-6-8-10-15/h6-11,16-19H,12H2,1-5H3/t16?,17-,18+,19+,22+/m0/s1. The van der Waals surface area contributed by atoms with Gasteiger partial charge in [-0.2, -0.15) is 0 Å². The van der Waals surface area contributed by atoms with E-state index in [9.17, 15) is 14.4 Å². The Balaban J connectivity index is 1.91. The molecule has 0 N–H and O–H groups in total. The Morgan fingerprint density at radius 3 is 2.31 bits per heavy atom. The summed E-state index contributed by atoms with van der Waals surface area (Å²) in [5.74, 6) is -3.49. The first-order valence-electron chi connectivity index (χ1n) is 9.97. The molecule has 0 radical (unpaired) electrons. The number of amides is 1. The van der Waals surface area contributed by atoms with Crippen LogP contribution in [0.5, 0.6) is 0 Å². The van der Waals surface area contributed by atoms with Crippen LogP contribution in [0.4, 0.5) is 0 Å². The highest BCUT2D eigenvalue weighted by molar-refractivity contribution is 5.99. The Labute approximate surface area is 170 Å². The van der Waals surface area contributed by atoms with Crippen molar-refractivity contribution in [1.29, 1.82) is 0 Å². The van der Waals surface area contributed by atoms with Gasteiger partial charge in [-0.3, -0.25) is 14.4 Å². The largest absolute Gasteiger partial charge is 0.347 e. The third kappa shape index (κ3) is 2.39. The van der Waals surface area contributed by atoms with Crippen molar-refractivity contribution in [2.75, 3.05) is 14.2 Å². The fourth-order valence-electron chi connectivity index (χ4n) is 6.22. The van der Waals surface area contributed by atoms with E-state index in [-0.39, 0.29) is 23.4 Å². The van der Waals surface area contributed by atoms with Gasteiger partial charge in [0.15, 0.2) is 5.78 Å². The van der Waals surface area contributed by atoms with Gasteiger partial charge in [0, 0.05) is 43.2 Å². The Bertz CT molecular complexity index is 903. The average Bonchev–Trinajstić information content (AvgIpc) is 3.00. The molecule has 1 aromatic rings. The lowest BCUT2D eigenvalue weighted by atomic mass is 9.48. The summed E-state index contributed by atoms with van der Waals surface area (Å²) in [6, 6.07) is 9.07. The highest BCUT2D eigenvalue weighted by atomic mass is 16.7. The molecule has 6 heteroatoms. The quantitative estimate of drug-likeness (QED) is 0.731. The maximum atomic E-state index is 13.6. The minimum atomic E-state index is -1.54. The van der Waals surface area contributed by atoms with Gasteiger partial charge in [0.1, 0.15) is 5.78 Å². The van der Waals surface area contributed by atoms with Gasteiger partial charge in [-0.25, -0.2) is 0 Å². The molecule has 2 bridgehead atoms. The van der Waals surface area contributed by atoms with Gasteiger partial charge in [-0.1, -0.05) is 24.3 Å². The monoisotopic (exact) mass is 397 g/mol. The number of ether oxygens (including phenoxy) is 2. The van der Waals surface area contributed by atoms with Crippen LogP contribution in [0, 0.1) is 23.7 Å². The van der Waals surface area contributed by atoms with E-state index < -0.39 is 29.1 Å². The van der Waals surface area contributed by atoms with E-state index in [0.717, 1.165) is 5.70 Å². The number of Topliss-reactive ketones (excluding diaryl/α,β-unsaturated/α-hetero) is 2. The molecule has 0 spiro atoms. The molecule has 4 aliphatic rings. The summed E-state index contributed by atoms with van der Waals surface area (Å²) in [6.45, 7) is 5.40. The van der Waals surface area contributed by atoms with Crippen LogP contribution in [-0.4, -0.2) is 47.9 Å². The molecule has 0 saturated heterocycles. The lowest BCUT2D eigenvalue weighted by molar-refractivity contribution is -0.286. The maximum Gasteiger partial charge on any atom is 0.258 e. The van der Waals surface area contributed by atoms with Crippen LogP contribution in [0.25, 0.3) is 0 Å². The van der Waals surface area contributed by atoms with Gasteiger partial charge in [0.25, 0.3) is 5.91 Å². The molecule has 3 saturated carbocycles. The SMILES string of the molecule is COC1(OC)C(=O)[C@H]2CC(C(C)=O)[C@@H]1[C@@]1(C)[C@@H]2C=C(C)N1C(=O)c1ccccc1. The maximum absolute atomic E-state index is 13.6. The van der Waals surface area contributed by atoms with Crippen LogP contribution in [0.2, 0.25) is 0 Å². The number of hydrogen-bond acceptors (Lipinski definition) is 5. The first-order chi connectivity index (χ1) is 13.7. The number of carbonyl (C=O) groups is 3. The van der Waals surface area contributed by atoms with E-state index in [4.69, 9.17) is 9.47 Å². The summed E-state index contributed by atoms with van der Waals surface area (Å²) < 4.78 is 11.4. The lowest BCUT2D eigenvalue weighted by Gasteiger charge is -2.63. The highest BCUT2D eigenvalue weighted by Crippen LogP contribution is 2.63. The van der Waals surface area contributed by atoms with E-state index >= 15 is 0 Å². The van der Waals surface area contributed by atoms with E-state index in [1.165, 1.54) is 14.2 Å². The summed E-state index contributed by atoms with van der Waals surface area (Å²) in [6.07, 6.45) is 2.48. The van der Waals surface area contributed by atoms with Gasteiger partial charge >= 0.3 is 0 Å². The molecule has 1 amide bonds. The molecule has 1 unspecified atom stereocenters. The van der Waals surface area contributed by atoms with E-state index in [1.54, 1.807) is 24.0 Å². The van der Waals surface area contributed by atoms with Crippen molar-refractivity contribution in [3.63, 3.8) is 0 Å². The second kappa shape index (κ2) is 6.61. The second-order valence-electron chi connectivity index (χ2n) is 8.54. The molecular formula is C23H27NO5. The predicted molar refractivity (Wildman–Crippen MR) is 106 cm³/mol. The highest BCUT2D eigenvalue weighted by Gasteiger charge is 2.74. The number of fused-ring (bicyclic) bond motifs is 2. The minimum absolute atomic E-state index is 0.0117. The van der Waals surface area contributed by atoms with Crippen molar-refractivity contribution in [2.45, 2.75) is 38.5 Å². The number of hydrogen-bond donors (Lipinski definition) is 0. The Morgan fingerprint density at radius 1 is 1.14 bits per heavy atom. The van der Waals surface area contributed by atoms with Crippen molar-refractivity contribution >= 4 is 17.5 Å². The van der Waals surface area contributed by atoms with Crippen LogP contribution < -0.4 is 0 Å². The van der Waals surface area contributed by atoms with Crippen molar-refractivity contribution < 1.29 is 23.9 Å². The minimum Gasteiger partial charge on any atom is -0.347 e. The predicted octanol–water partition coefficient (Wildman–Crippen LogP) is 2.83. The number of nitrogens with zero attached hydrogens (tertiary/aromatic N) is 1. The van der Waals surface area contributed by atoms with E-state index in [2.05, 4.69) is 0 Å². The molecule has 1 aliphatic heterocycles. The molecule has 5 rings (SSSR count). The molecule has 6 nitrogen and oxygen atoms in total. The number of allylic oxidation sites excluding steroid dienone is 1. The zero-order chi connectivity index (χ0) is 21.1. The Morgan fingerprint density at radius 2 is 1.76 bits per heavy atom. The number of rotatable bonds is 4. The average molecular weight is 397 g/mol. The van der Waals surface area contributed by atoms with Crippen molar-refractivity contribution in [3.8, 4) is 0 Å². The second-order valence-corrected chi connectivity index (χ2v) is 8.54. The molecule has 3 fully saturated rings. The molecule has 154 valence electrons. The Hall–Kier alpha value is -2.31. The summed E-state index contributed by atoms with van der Waals surface area (Å²) in [5.41, 5.74) is 0.548. The first kappa shape index (κ1) is 20.0. The van der Waals surface area contributed by atoms with Crippen LogP contribution >= 0.6 is 0 Å². The number of ketones is 2. The Kier molecular flexibility index (Phi) is 4.55. The van der Waals surface area contributed by atoms with Crippen LogP contribution in [0.1, 0.15) is 37.6 Å². The van der Waals surface area contributed by atoms with Gasteiger partial charge in [0.05, 0.1) is 11.5 Å². The van der Waals surface area contributed by atoms with Crippen molar-refractivity contribution in [3.05, 3.63) is 47.7 Å². The topological polar surface area (TPSA) is 72.9 Å². The van der Waals surface area contributed by atoms with E-state index in [1.807, 2.05) is 38.1 Å². The van der Waals surface area contributed by atoms with Gasteiger partial charge in [-0.15, -0.1) is 0 Å². The zero-order valence-corrected chi connectivity index (χ0v) is 17.5. The summed E-state index contributed by atoms with van der Waals surface area (Å²) >= 11 is 0. The molecule has 0 aromatic heterocycles. The molecule has 1 heterocycles. The number of carbonyl (C=O) groups excluding carboxylic acids is 3. The van der Waals surface area contributed by atoms with Crippen LogP contribution in [0.3, 0.4) is 0 Å². The number of methoxy groups -OCH3 is 2. The number of benzene rings is 1. The van der Waals surface area contributed by atoms with Crippen LogP contribution in [0.15, 0.2) is 42.1 Å². The summed E-state index contributed by atoms with van der Waals surface area (Å²) in [4.78, 5) is 41.4. The first-order valence-corrected chi connectivity index (χ1v) is 9.97. The summed E-state index contributed by atoms with van der Waals surface area (Å²) in [7, 11) is 2.88. The van der Waals surface area contributed by atoms with Crippen molar-refractivity contribution in [2.24, 2.45) is 23.7 Å². The zero-order valence-electron chi connectivity index (χ0n) is 17.5. The third-order valence-electron chi connectivity index (χ3n) is 7.35. The smallest absolute Gasteiger partial charge is 0.258 e. The van der Waals surface area contributed by atoms with Gasteiger partial charge in [0.2, 0.25) is 5.79 Å². The van der Waals surface area contributed by atoms with Gasteiger partial charge in [-0.05, 0) is 39.3 Å². The van der Waals surface area contributed by atoms with Crippen LogP contribution in [-0.2, 0) is 19.1 Å². The van der Waals surface area contributed by atoms with Gasteiger partial charge < -0.3 is 14.4 Å². The lowest BCUT2D eigenvalue weighted by Crippen LogP contribution is -2.76. The molecule has 29 heavy (non-hydrogen) atoms. The molecular weight excluding hydrogens is 370 g/mol. The fraction of sp³-hybridized carbons (Fsp3) is 0.522. The summed E-state index contributed by atoms with van der Waals surface area (Å²) in [5, 5.41) is 0. The normalized spacial score (nSPS) is 34.7. The van der Waals surface area contributed by atoms with E-state index in [0.29, 0.717) is 12.0 Å². The van der Waals surface area contributed by atoms with Crippen molar-refractivity contribution in [1.82, 2.24) is 4.90 Å². The molecule has 5 atom stereocenters. The molecule has 3 aliphatic carbocycles. The third-order valence-corrected chi connectivity index (χ3v) is 7.35. The fourth-order valence-corrected chi connectivity index (χ4v) is 6.22.